The van der Waals surface area contributed by atoms with Crippen LogP contribution in [0.15, 0.2) is 42.5 Å². The number of nitrogens with one attached hydrogen (secondary N) is 2. The first-order valence-electron chi connectivity index (χ1n) is 6.39. The maximum absolute atomic E-state index is 11.9. The average molecular weight is 314 g/mol. The van der Waals surface area contributed by atoms with Crippen molar-refractivity contribution in [3.63, 3.8) is 0 Å². The molecule has 110 valence electrons. The molecule has 0 heterocycles. The Balaban J connectivity index is 2.10. The molecule has 6 heteroatoms. The summed E-state index contributed by atoms with van der Waals surface area (Å²) in [4.78, 5) is 23.8. The fourth-order valence-electron chi connectivity index (χ4n) is 1.82. The third-order valence-corrected chi connectivity index (χ3v) is 3.17. The van der Waals surface area contributed by atoms with Crippen LogP contribution in [0.2, 0.25) is 5.02 Å². The van der Waals surface area contributed by atoms with Gasteiger partial charge in [-0.15, -0.1) is 0 Å². The van der Waals surface area contributed by atoms with Crippen LogP contribution in [0.1, 0.15) is 11.1 Å². The highest BCUT2D eigenvalue weighted by atomic mass is 35.5. The van der Waals surface area contributed by atoms with E-state index in [9.17, 15) is 9.59 Å². The maximum Gasteiger partial charge on any atom is 0.314 e. The van der Waals surface area contributed by atoms with Crippen LogP contribution in [-0.2, 0) is 9.59 Å². The molecular formula is C16H12ClN3O2. The molecule has 0 atom stereocenters. The topological polar surface area (TPSA) is 82.0 Å². The molecule has 0 saturated carbocycles. The third-order valence-electron chi connectivity index (χ3n) is 2.94. The molecule has 0 saturated heterocycles. The first-order valence-corrected chi connectivity index (χ1v) is 6.76. The Hall–Kier alpha value is -2.84. The Kier molecular flexibility index (Phi) is 4.77. The van der Waals surface area contributed by atoms with Crippen molar-refractivity contribution in [3.05, 3.63) is 58.6 Å². The largest absolute Gasteiger partial charge is 0.318 e. The fourth-order valence-corrected chi connectivity index (χ4v) is 2.04. The van der Waals surface area contributed by atoms with E-state index in [0.29, 0.717) is 10.7 Å². The molecule has 0 aliphatic rings. The number of amides is 2. The van der Waals surface area contributed by atoms with Crippen molar-refractivity contribution in [2.75, 3.05) is 10.6 Å². The van der Waals surface area contributed by atoms with Crippen LogP contribution in [0.3, 0.4) is 0 Å². The lowest BCUT2D eigenvalue weighted by Gasteiger charge is -2.09. The summed E-state index contributed by atoms with van der Waals surface area (Å²) in [6, 6.07) is 13.3. The van der Waals surface area contributed by atoms with E-state index in [1.165, 1.54) is 0 Å². The van der Waals surface area contributed by atoms with E-state index in [4.69, 9.17) is 16.9 Å². The predicted molar refractivity (Wildman–Crippen MR) is 84.6 cm³/mol. The van der Waals surface area contributed by atoms with Crippen LogP contribution in [-0.4, -0.2) is 11.8 Å². The van der Waals surface area contributed by atoms with Gasteiger partial charge in [-0.2, -0.15) is 5.26 Å². The summed E-state index contributed by atoms with van der Waals surface area (Å²) in [5, 5.41) is 14.4. The van der Waals surface area contributed by atoms with E-state index in [-0.39, 0.29) is 11.3 Å². The Morgan fingerprint density at radius 1 is 1.05 bits per heavy atom. The highest BCUT2D eigenvalue weighted by Gasteiger charge is 2.16. The zero-order valence-corrected chi connectivity index (χ0v) is 12.4. The highest BCUT2D eigenvalue weighted by Crippen LogP contribution is 2.19. The van der Waals surface area contributed by atoms with E-state index in [2.05, 4.69) is 10.6 Å². The number of hydrogen-bond acceptors (Lipinski definition) is 3. The van der Waals surface area contributed by atoms with Crippen molar-refractivity contribution in [1.29, 1.82) is 5.26 Å². The lowest BCUT2D eigenvalue weighted by molar-refractivity contribution is -0.133. The van der Waals surface area contributed by atoms with Gasteiger partial charge in [0.2, 0.25) is 0 Å². The summed E-state index contributed by atoms with van der Waals surface area (Å²) in [5.41, 5.74) is 1.81. The lowest BCUT2D eigenvalue weighted by Crippen LogP contribution is -2.29. The van der Waals surface area contributed by atoms with Gasteiger partial charge >= 0.3 is 11.8 Å². The van der Waals surface area contributed by atoms with Gasteiger partial charge in [-0.25, -0.2) is 0 Å². The molecule has 0 aliphatic heterocycles. The number of aryl methyl sites for hydroxylation is 1. The van der Waals surface area contributed by atoms with Crippen molar-refractivity contribution >= 4 is 34.8 Å². The van der Waals surface area contributed by atoms with E-state index >= 15 is 0 Å². The second kappa shape index (κ2) is 6.74. The summed E-state index contributed by atoms with van der Waals surface area (Å²) in [5.74, 6) is -1.67. The van der Waals surface area contributed by atoms with E-state index < -0.39 is 11.8 Å². The van der Waals surface area contributed by atoms with Gasteiger partial charge in [0.1, 0.15) is 6.07 Å². The van der Waals surface area contributed by atoms with Crippen LogP contribution in [0, 0.1) is 18.3 Å². The molecule has 2 aromatic carbocycles. The van der Waals surface area contributed by atoms with Crippen molar-refractivity contribution in [3.8, 4) is 6.07 Å². The minimum Gasteiger partial charge on any atom is -0.318 e. The molecule has 2 amide bonds. The number of para-hydroxylation sites is 1. The lowest BCUT2D eigenvalue weighted by atomic mass is 10.2. The molecule has 5 nitrogen and oxygen atoms in total. The molecular weight excluding hydrogens is 302 g/mol. The van der Waals surface area contributed by atoms with E-state index in [0.717, 1.165) is 5.56 Å². The summed E-state index contributed by atoms with van der Waals surface area (Å²) >= 11 is 5.83. The summed E-state index contributed by atoms with van der Waals surface area (Å²) in [6.45, 7) is 1.77. The molecule has 0 radical (unpaired) electrons. The molecule has 0 fully saturated rings. The number of hydrogen-bond donors (Lipinski definition) is 2. The van der Waals surface area contributed by atoms with E-state index in [1.807, 2.05) is 6.07 Å². The van der Waals surface area contributed by atoms with Crippen molar-refractivity contribution < 1.29 is 9.59 Å². The van der Waals surface area contributed by atoms with Crippen LogP contribution in [0.25, 0.3) is 0 Å². The number of anilines is 2. The van der Waals surface area contributed by atoms with Crippen molar-refractivity contribution in [2.45, 2.75) is 6.92 Å². The van der Waals surface area contributed by atoms with Crippen LogP contribution < -0.4 is 10.6 Å². The van der Waals surface area contributed by atoms with Crippen LogP contribution >= 0.6 is 11.6 Å². The molecule has 0 unspecified atom stereocenters. The van der Waals surface area contributed by atoms with Crippen molar-refractivity contribution in [1.82, 2.24) is 0 Å². The van der Waals surface area contributed by atoms with Crippen LogP contribution in [0.5, 0.6) is 0 Å². The quantitative estimate of drug-likeness (QED) is 0.836. The monoisotopic (exact) mass is 313 g/mol. The van der Waals surface area contributed by atoms with Crippen molar-refractivity contribution in [2.24, 2.45) is 0 Å². The van der Waals surface area contributed by atoms with E-state index in [1.54, 1.807) is 49.4 Å². The molecule has 2 rings (SSSR count). The molecule has 2 N–H and O–H groups in total. The van der Waals surface area contributed by atoms with Gasteiger partial charge in [0, 0.05) is 10.7 Å². The minimum atomic E-state index is -0.850. The number of nitrogens with zero attached hydrogens (tertiary/aromatic N) is 1. The fraction of sp³-hybridized carbons (Fsp3) is 0.0625. The molecule has 22 heavy (non-hydrogen) atoms. The standard InChI is InChI=1S/C16H12ClN3O2/c1-10-8-12(17)6-7-13(10)19-15(21)16(22)20-14-5-3-2-4-11(14)9-18/h2-8H,1H3,(H,19,21)(H,20,22). The number of nitriles is 1. The Morgan fingerprint density at radius 2 is 1.68 bits per heavy atom. The summed E-state index contributed by atoms with van der Waals surface area (Å²) in [7, 11) is 0. The molecule has 0 spiro atoms. The highest BCUT2D eigenvalue weighted by molar-refractivity contribution is 6.43. The molecule has 0 aliphatic carbocycles. The number of carbonyl (C=O) groups excluding carboxylic acids is 2. The van der Waals surface area contributed by atoms with Gasteiger partial charge in [0.25, 0.3) is 0 Å². The predicted octanol–water partition coefficient (Wildman–Crippen LogP) is 3.10. The Morgan fingerprint density at radius 3 is 2.32 bits per heavy atom. The SMILES string of the molecule is Cc1cc(Cl)ccc1NC(=O)C(=O)Nc1ccccc1C#N. The Labute approximate surface area is 132 Å². The summed E-state index contributed by atoms with van der Waals surface area (Å²) < 4.78 is 0. The average Bonchev–Trinajstić information content (AvgIpc) is 2.50. The zero-order chi connectivity index (χ0) is 16.1. The Bertz CT molecular complexity index is 781. The third kappa shape index (κ3) is 3.62. The minimum absolute atomic E-state index is 0.284. The van der Waals surface area contributed by atoms with Gasteiger partial charge in [-0.05, 0) is 42.8 Å². The number of halogens is 1. The summed E-state index contributed by atoms with van der Waals surface area (Å²) in [6.07, 6.45) is 0. The zero-order valence-electron chi connectivity index (χ0n) is 11.7. The first kappa shape index (κ1) is 15.5. The van der Waals surface area contributed by atoms with Crippen LogP contribution in [0.4, 0.5) is 11.4 Å². The molecule has 0 bridgehead atoms. The van der Waals surface area contributed by atoms with Gasteiger partial charge < -0.3 is 10.6 Å². The number of benzene rings is 2. The molecule has 0 aromatic heterocycles. The smallest absolute Gasteiger partial charge is 0.314 e. The maximum atomic E-state index is 11.9. The second-order valence-electron chi connectivity index (χ2n) is 4.52. The number of rotatable bonds is 2. The first-order chi connectivity index (χ1) is 10.5. The molecule has 2 aromatic rings. The van der Waals surface area contributed by atoms with Gasteiger partial charge in [0.15, 0.2) is 0 Å². The second-order valence-corrected chi connectivity index (χ2v) is 4.96. The number of carbonyl (C=O) groups is 2. The normalized spacial score (nSPS) is 9.68. The van der Waals surface area contributed by atoms with Gasteiger partial charge in [0.05, 0.1) is 11.3 Å². The van der Waals surface area contributed by atoms with Gasteiger partial charge in [-0.3, -0.25) is 9.59 Å². The van der Waals surface area contributed by atoms with Gasteiger partial charge in [-0.1, -0.05) is 23.7 Å².